The molecule has 4 nitrogen and oxygen atoms in total. The number of ketones is 1. The monoisotopic (exact) mass is 357 g/mol. The molecular formula is C18H19N3OS2. The zero-order valence-corrected chi connectivity index (χ0v) is 15.3. The Morgan fingerprint density at radius 1 is 1.25 bits per heavy atom. The zero-order chi connectivity index (χ0) is 16.9. The first-order chi connectivity index (χ1) is 11.7. The molecule has 0 N–H and O–H groups in total. The SMILES string of the molecule is CN=c1scc(C[C@H](Cc2ccccc2)C(=O)c2nccs2)n1C. The minimum absolute atomic E-state index is 0.120. The number of Topliss-reactive ketones (excluding diaryl/α,β-unsaturated/α-hetero) is 1. The summed E-state index contributed by atoms with van der Waals surface area (Å²) < 4.78 is 2.07. The summed E-state index contributed by atoms with van der Waals surface area (Å²) in [6, 6.07) is 10.2. The third-order valence-corrected chi connectivity index (χ3v) is 5.85. The quantitative estimate of drug-likeness (QED) is 0.635. The van der Waals surface area contributed by atoms with E-state index in [0.29, 0.717) is 17.8 Å². The number of nitrogens with zero attached hydrogens (tertiary/aromatic N) is 3. The molecule has 0 fully saturated rings. The van der Waals surface area contributed by atoms with Gasteiger partial charge in [0.15, 0.2) is 15.6 Å². The maximum Gasteiger partial charge on any atom is 0.195 e. The summed E-state index contributed by atoms with van der Waals surface area (Å²) in [6.07, 6.45) is 3.10. The third kappa shape index (κ3) is 3.71. The minimum atomic E-state index is -0.121. The van der Waals surface area contributed by atoms with E-state index in [0.717, 1.165) is 10.5 Å². The maximum absolute atomic E-state index is 12.9. The topological polar surface area (TPSA) is 47.2 Å². The number of rotatable bonds is 6. The van der Waals surface area contributed by atoms with Gasteiger partial charge < -0.3 is 4.57 Å². The highest BCUT2D eigenvalue weighted by Gasteiger charge is 2.24. The van der Waals surface area contributed by atoms with Crippen molar-refractivity contribution in [2.45, 2.75) is 12.8 Å². The number of carbonyl (C=O) groups excluding carboxylic acids is 1. The van der Waals surface area contributed by atoms with Gasteiger partial charge in [0.1, 0.15) is 0 Å². The van der Waals surface area contributed by atoms with Crippen LogP contribution in [0.2, 0.25) is 0 Å². The smallest absolute Gasteiger partial charge is 0.195 e. The van der Waals surface area contributed by atoms with E-state index in [2.05, 4.69) is 32.1 Å². The molecule has 0 unspecified atom stereocenters. The molecule has 0 aliphatic heterocycles. The highest BCUT2D eigenvalue weighted by Crippen LogP contribution is 2.21. The van der Waals surface area contributed by atoms with E-state index in [1.54, 1.807) is 24.6 Å². The molecule has 0 radical (unpaired) electrons. The molecule has 0 aliphatic carbocycles. The molecule has 0 bridgehead atoms. The fourth-order valence-corrected chi connectivity index (χ4v) is 4.25. The standard InChI is InChI=1S/C18H19N3OS2/c1-19-18-21(2)15(12-24-18)11-14(10-13-6-4-3-5-7-13)16(22)17-20-8-9-23-17/h3-9,12,14H,10-11H2,1-2H3/t14-/m0/s1. The Morgan fingerprint density at radius 2 is 2.04 bits per heavy atom. The number of benzene rings is 1. The van der Waals surface area contributed by atoms with Crippen LogP contribution in [0.15, 0.2) is 52.3 Å². The first-order valence-electron chi connectivity index (χ1n) is 7.73. The Balaban J connectivity index is 1.89. The third-order valence-electron chi connectivity index (χ3n) is 4.00. The highest BCUT2D eigenvalue weighted by molar-refractivity contribution is 7.11. The van der Waals surface area contributed by atoms with Crippen molar-refractivity contribution in [2.75, 3.05) is 7.05 Å². The molecule has 1 atom stereocenters. The van der Waals surface area contributed by atoms with Gasteiger partial charge in [-0.3, -0.25) is 9.79 Å². The molecular weight excluding hydrogens is 338 g/mol. The van der Waals surface area contributed by atoms with Crippen LogP contribution < -0.4 is 4.80 Å². The van der Waals surface area contributed by atoms with Crippen LogP contribution in [0.3, 0.4) is 0 Å². The molecule has 0 saturated carbocycles. The average Bonchev–Trinajstić information content (AvgIpc) is 3.25. The lowest BCUT2D eigenvalue weighted by molar-refractivity contribution is 0.0917. The van der Waals surface area contributed by atoms with Gasteiger partial charge in [-0.25, -0.2) is 4.98 Å². The number of hydrogen-bond donors (Lipinski definition) is 0. The van der Waals surface area contributed by atoms with Crippen LogP contribution in [0.25, 0.3) is 0 Å². The van der Waals surface area contributed by atoms with Crippen molar-refractivity contribution in [1.29, 1.82) is 0 Å². The zero-order valence-electron chi connectivity index (χ0n) is 13.7. The van der Waals surface area contributed by atoms with E-state index >= 15 is 0 Å². The predicted molar refractivity (Wildman–Crippen MR) is 98.6 cm³/mol. The Bertz CT molecular complexity index is 863. The van der Waals surface area contributed by atoms with Gasteiger partial charge >= 0.3 is 0 Å². The Labute approximate surface area is 149 Å². The maximum atomic E-state index is 12.9. The first-order valence-corrected chi connectivity index (χ1v) is 9.49. The molecule has 24 heavy (non-hydrogen) atoms. The van der Waals surface area contributed by atoms with Crippen LogP contribution in [0.4, 0.5) is 0 Å². The van der Waals surface area contributed by atoms with Crippen molar-refractivity contribution in [3.8, 4) is 0 Å². The summed E-state index contributed by atoms with van der Waals surface area (Å²) in [5.74, 6) is -0.000837. The molecule has 0 aliphatic rings. The van der Waals surface area contributed by atoms with Crippen LogP contribution >= 0.6 is 22.7 Å². The summed E-state index contributed by atoms with van der Waals surface area (Å²) in [6.45, 7) is 0. The largest absolute Gasteiger partial charge is 0.324 e. The predicted octanol–water partition coefficient (Wildman–Crippen LogP) is 3.36. The normalized spacial score (nSPS) is 13.2. The van der Waals surface area contributed by atoms with Crippen molar-refractivity contribution < 1.29 is 4.79 Å². The Hall–Kier alpha value is -2.05. The molecule has 124 valence electrons. The van der Waals surface area contributed by atoms with Crippen LogP contribution in [-0.4, -0.2) is 22.4 Å². The van der Waals surface area contributed by atoms with E-state index in [1.807, 2.05) is 30.6 Å². The summed E-state index contributed by atoms with van der Waals surface area (Å²) >= 11 is 3.02. The first kappa shape index (κ1) is 16.8. The fourth-order valence-electron chi connectivity index (χ4n) is 2.72. The second-order valence-corrected chi connectivity index (χ2v) is 7.32. The van der Waals surface area contributed by atoms with Crippen molar-refractivity contribution in [3.05, 3.63) is 68.4 Å². The van der Waals surface area contributed by atoms with Crippen LogP contribution in [-0.2, 0) is 19.9 Å². The molecule has 0 saturated heterocycles. The molecule has 2 aromatic heterocycles. The number of aromatic nitrogens is 2. The van der Waals surface area contributed by atoms with Crippen molar-refractivity contribution in [2.24, 2.45) is 18.0 Å². The van der Waals surface area contributed by atoms with Crippen molar-refractivity contribution in [3.63, 3.8) is 0 Å². The number of hydrogen-bond acceptors (Lipinski definition) is 5. The lowest BCUT2D eigenvalue weighted by atomic mass is 9.91. The van der Waals surface area contributed by atoms with E-state index in [1.165, 1.54) is 16.9 Å². The molecule has 0 spiro atoms. The molecule has 2 heterocycles. The summed E-state index contributed by atoms with van der Waals surface area (Å²) in [4.78, 5) is 22.4. The lowest BCUT2D eigenvalue weighted by Crippen LogP contribution is -2.23. The second-order valence-electron chi connectivity index (χ2n) is 5.58. The van der Waals surface area contributed by atoms with E-state index in [4.69, 9.17) is 0 Å². The summed E-state index contributed by atoms with van der Waals surface area (Å²) in [5, 5.41) is 4.54. The van der Waals surface area contributed by atoms with E-state index in [-0.39, 0.29) is 11.7 Å². The van der Waals surface area contributed by atoms with Gasteiger partial charge in [0.2, 0.25) is 0 Å². The molecule has 3 rings (SSSR count). The van der Waals surface area contributed by atoms with Gasteiger partial charge in [-0.05, 0) is 18.4 Å². The lowest BCUT2D eigenvalue weighted by Gasteiger charge is -2.15. The van der Waals surface area contributed by atoms with Gasteiger partial charge in [-0.1, -0.05) is 30.3 Å². The van der Waals surface area contributed by atoms with Gasteiger partial charge in [-0.2, -0.15) is 0 Å². The number of carbonyl (C=O) groups is 1. The second kappa shape index (κ2) is 7.68. The molecule has 0 amide bonds. The summed E-state index contributed by atoms with van der Waals surface area (Å²) in [7, 11) is 3.79. The van der Waals surface area contributed by atoms with Crippen molar-refractivity contribution >= 4 is 28.5 Å². The minimum Gasteiger partial charge on any atom is -0.324 e. The molecule has 1 aromatic carbocycles. The Morgan fingerprint density at radius 3 is 2.67 bits per heavy atom. The fraction of sp³-hybridized carbons (Fsp3) is 0.278. The highest BCUT2D eigenvalue weighted by atomic mass is 32.1. The number of thiazole rings is 2. The van der Waals surface area contributed by atoms with Gasteiger partial charge in [0.05, 0.1) is 0 Å². The van der Waals surface area contributed by atoms with Crippen LogP contribution in [0, 0.1) is 5.92 Å². The van der Waals surface area contributed by atoms with Crippen LogP contribution in [0.1, 0.15) is 21.1 Å². The molecule has 6 heteroatoms. The van der Waals surface area contributed by atoms with Crippen molar-refractivity contribution in [1.82, 2.24) is 9.55 Å². The van der Waals surface area contributed by atoms with E-state index in [9.17, 15) is 4.79 Å². The van der Waals surface area contributed by atoms with Gasteiger partial charge in [0.25, 0.3) is 0 Å². The summed E-state index contributed by atoms with van der Waals surface area (Å²) in [5.41, 5.74) is 2.30. The van der Waals surface area contributed by atoms with Crippen LogP contribution in [0.5, 0.6) is 0 Å². The Kier molecular flexibility index (Phi) is 5.37. The average molecular weight is 358 g/mol. The van der Waals surface area contributed by atoms with Gasteiger partial charge in [0, 0.05) is 42.7 Å². The van der Waals surface area contributed by atoms with Gasteiger partial charge in [-0.15, -0.1) is 22.7 Å². The molecule has 3 aromatic rings. The van der Waals surface area contributed by atoms with E-state index < -0.39 is 0 Å².